The third-order valence-electron chi connectivity index (χ3n) is 3.51. The van der Waals surface area contributed by atoms with Crippen molar-refractivity contribution in [2.45, 2.75) is 6.54 Å². The standard InChI is InChI=1S/C17H11Cl2F2N5O2.Na/c18-10-4-12(21)11(20)3-9(10)16(27)24-15-5-13(25-26-15)17(28)23-7-8-1-2-14(19)22-6-8;/h1-6H,7H2,(H3,23,24,25,26,27,28);/q;+1/p-1. The Morgan fingerprint density at radius 2 is 1.79 bits per heavy atom. The van der Waals surface area contributed by atoms with Gasteiger partial charge in [-0.05, 0) is 35.6 Å². The average molecular weight is 448 g/mol. The van der Waals surface area contributed by atoms with Crippen molar-refractivity contribution in [3.8, 4) is 0 Å². The molecule has 1 aromatic carbocycles. The first kappa shape index (κ1) is 23.2. The van der Waals surface area contributed by atoms with Crippen molar-refractivity contribution in [2.75, 3.05) is 5.32 Å². The Kier molecular flexibility index (Phi) is 8.12. The molecule has 2 N–H and O–H groups in total. The number of pyridine rings is 1. The molecule has 2 amide bonds. The van der Waals surface area contributed by atoms with Crippen molar-refractivity contribution in [1.82, 2.24) is 20.5 Å². The Bertz CT molecular complexity index is 1050. The Morgan fingerprint density at radius 3 is 2.48 bits per heavy atom. The summed E-state index contributed by atoms with van der Waals surface area (Å²) in [6.07, 6.45) is 1.51. The number of nitrogens with one attached hydrogen (secondary N) is 2. The van der Waals surface area contributed by atoms with Crippen molar-refractivity contribution >= 4 is 40.8 Å². The van der Waals surface area contributed by atoms with E-state index < -0.39 is 23.4 Å². The number of hydrogen-bond acceptors (Lipinski definition) is 4. The number of anilines is 1. The van der Waals surface area contributed by atoms with Crippen LogP contribution in [-0.2, 0) is 6.54 Å². The van der Waals surface area contributed by atoms with E-state index in [1.807, 2.05) is 0 Å². The molecule has 0 bridgehead atoms. The SMILES string of the molecule is O=C(NCc1ccc(Cl)nc1)c1cc(NC(=O)c2cc(F)c(F)cc2Cl)[n-]n1.[Na+]. The van der Waals surface area contributed by atoms with E-state index >= 15 is 0 Å². The number of halogens is 4. The molecule has 3 rings (SSSR count). The second kappa shape index (κ2) is 10.1. The van der Waals surface area contributed by atoms with Gasteiger partial charge in [-0.15, -0.1) is 0 Å². The zero-order valence-electron chi connectivity index (χ0n) is 14.8. The number of amides is 2. The maximum atomic E-state index is 13.3. The molecular weight excluding hydrogens is 438 g/mol. The zero-order valence-corrected chi connectivity index (χ0v) is 18.4. The van der Waals surface area contributed by atoms with Crippen LogP contribution >= 0.6 is 23.2 Å². The van der Waals surface area contributed by atoms with Crippen molar-refractivity contribution in [1.29, 1.82) is 0 Å². The van der Waals surface area contributed by atoms with E-state index in [0.717, 1.165) is 5.56 Å². The molecule has 2 aromatic heterocycles. The minimum Gasteiger partial charge on any atom is -0.423 e. The number of nitrogens with zero attached hydrogens (tertiary/aromatic N) is 3. The fourth-order valence-corrected chi connectivity index (χ4v) is 2.48. The summed E-state index contributed by atoms with van der Waals surface area (Å²) < 4.78 is 26.4. The Balaban J connectivity index is 0.00000300. The van der Waals surface area contributed by atoms with Gasteiger partial charge in [-0.3, -0.25) is 14.7 Å². The van der Waals surface area contributed by atoms with Crippen LogP contribution in [0.15, 0.2) is 36.5 Å². The minimum atomic E-state index is -1.22. The van der Waals surface area contributed by atoms with E-state index in [-0.39, 0.29) is 58.2 Å². The molecule has 144 valence electrons. The largest absolute Gasteiger partial charge is 1.00 e. The summed E-state index contributed by atoms with van der Waals surface area (Å²) in [7, 11) is 0. The number of hydrogen-bond donors (Lipinski definition) is 2. The first-order valence-electron chi connectivity index (χ1n) is 7.68. The van der Waals surface area contributed by atoms with Gasteiger partial charge in [0.05, 0.1) is 5.02 Å². The van der Waals surface area contributed by atoms with Crippen molar-refractivity contribution in [3.63, 3.8) is 0 Å². The van der Waals surface area contributed by atoms with E-state index in [1.54, 1.807) is 12.1 Å². The summed E-state index contributed by atoms with van der Waals surface area (Å²) in [6, 6.07) is 5.86. The van der Waals surface area contributed by atoms with E-state index in [4.69, 9.17) is 23.2 Å². The average Bonchev–Trinajstić information content (AvgIpc) is 3.12. The third kappa shape index (κ3) is 5.97. The molecule has 0 fully saturated rings. The molecule has 0 atom stereocenters. The summed E-state index contributed by atoms with van der Waals surface area (Å²) >= 11 is 11.4. The summed E-state index contributed by atoms with van der Waals surface area (Å²) in [5.74, 6) is -3.81. The molecule has 0 unspecified atom stereocenters. The number of carbonyl (C=O) groups excluding carboxylic acids is 2. The van der Waals surface area contributed by atoms with Gasteiger partial charge in [-0.25, -0.2) is 13.8 Å². The van der Waals surface area contributed by atoms with E-state index in [2.05, 4.69) is 25.8 Å². The summed E-state index contributed by atoms with van der Waals surface area (Å²) in [6.45, 7) is 0.183. The van der Waals surface area contributed by atoms with Gasteiger partial charge in [-0.2, -0.15) is 0 Å². The van der Waals surface area contributed by atoms with Gasteiger partial charge in [0.1, 0.15) is 10.8 Å². The summed E-state index contributed by atoms with van der Waals surface area (Å²) in [4.78, 5) is 28.1. The molecule has 29 heavy (non-hydrogen) atoms. The molecule has 0 spiro atoms. The molecule has 2 heterocycles. The van der Waals surface area contributed by atoms with Gasteiger partial charge in [0.2, 0.25) is 0 Å². The molecule has 7 nitrogen and oxygen atoms in total. The zero-order chi connectivity index (χ0) is 20.3. The molecule has 0 aliphatic heterocycles. The van der Waals surface area contributed by atoms with Gasteiger partial charge < -0.3 is 15.7 Å². The normalized spacial score (nSPS) is 10.2. The molecule has 0 aliphatic carbocycles. The van der Waals surface area contributed by atoms with E-state index in [1.165, 1.54) is 12.3 Å². The topological polar surface area (TPSA) is 98.1 Å². The molecule has 12 heteroatoms. The van der Waals surface area contributed by atoms with Crippen LogP contribution in [0.25, 0.3) is 0 Å². The number of rotatable bonds is 5. The van der Waals surface area contributed by atoms with Crippen LogP contribution in [0.4, 0.5) is 14.6 Å². The smallest absolute Gasteiger partial charge is 0.423 e. The van der Waals surface area contributed by atoms with Gasteiger partial charge in [-0.1, -0.05) is 29.3 Å². The molecule has 3 aromatic rings. The molecular formula is C17H10Cl2F2N5NaO2. The number of benzene rings is 1. The number of aromatic nitrogens is 3. The second-order valence-electron chi connectivity index (χ2n) is 5.49. The van der Waals surface area contributed by atoms with E-state index in [9.17, 15) is 18.4 Å². The van der Waals surface area contributed by atoms with Crippen molar-refractivity contribution < 1.29 is 47.9 Å². The fourth-order valence-electron chi connectivity index (χ4n) is 2.13. The first-order valence-corrected chi connectivity index (χ1v) is 8.44. The minimum absolute atomic E-state index is 0. The second-order valence-corrected chi connectivity index (χ2v) is 6.28. The van der Waals surface area contributed by atoms with Gasteiger partial charge >= 0.3 is 29.6 Å². The monoisotopic (exact) mass is 447 g/mol. The summed E-state index contributed by atoms with van der Waals surface area (Å²) in [5, 5.41) is 12.3. The third-order valence-corrected chi connectivity index (χ3v) is 4.05. The van der Waals surface area contributed by atoms with Crippen LogP contribution in [0.1, 0.15) is 26.4 Å². The molecule has 0 aliphatic rings. The van der Waals surface area contributed by atoms with Crippen molar-refractivity contribution in [2.24, 2.45) is 0 Å². The van der Waals surface area contributed by atoms with Crippen LogP contribution in [0.3, 0.4) is 0 Å². The fraction of sp³-hybridized carbons (Fsp3) is 0.0588. The van der Waals surface area contributed by atoms with Crippen LogP contribution in [0, 0.1) is 11.6 Å². The van der Waals surface area contributed by atoms with Crippen molar-refractivity contribution in [3.05, 3.63) is 75.2 Å². The Hall–Kier alpha value is -2.04. The molecule has 0 saturated heterocycles. The van der Waals surface area contributed by atoms with Crippen LogP contribution < -0.4 is 45.3 Å². The van der Waals surface area contributed by atoms with Gasteiger partial charge in [0.15, 0.2) is 17.5 Å². The van der Waals surface area contributed by atoms with Crippen LogP contribution in [0.2, 0.25) is 10.2 Å². The van der Waals surface area contributed by atoms with Crippen LogP contribution in [-0.4, -0.2) is 21.9 Å². The maximum Gasteiger partial charge on any atom is 1.00 e. The van der Waals surface area contributed by atoms with Crippen LogP contribution in [0.5, 0.6) is 0 Å². The Morgan fingerprint density at radius 1 is 1.07 bits per heavy atom. The van der Waals surface area contributed by atoms with Gasteiger partial charge in [0, 0.05) is 18.3 Å². The molecule has 0 radical (unpaired) electrons. The predicted octanol–water partition coefficient (Wildman–Crippen LogP) is 0.205. The maximum absolute atomic E-state index is 13.3. The molecule has 0 saturated carbocycles. The Labute approximate surface area is 195 Å². The quantitative estimate of drug-likeness (QED) is 0.331. The summed E-state index contributed by atoms with van der Waals surface area (Å²) in [5.41, 5.74) is 0.386. The number of carbonyl (C=O) groups is 2. The van der Waals surface area contributed by atoms with E-state index in [0.29, 0.717) is 17.3 Å². The first-order chi connectivity index (χ1) is 13.3. The van der Waals surface area contributed by atoms with Gasteiger partial charge in [0.25, 0.3) is 5.91 Å². The predicted molar refractivity (Wildman–Crippen MR) is 97.3 cm³/mol.